The molecule has 0 saturated heterocycles. The fourth-order valence-electron chi connectivity index (χ4n) is 2.52. The Morgan fingerprint density at radius 1 is 1.10 bits per heavy atom. The van der Waals surface area contributed by atoms with Crippen molar-refractivity contribution in [3.05, 3.63) is 70.2 Å². The van der Waals surface area contributed by atoms with E-state index in [4.69, 9.17) is 0 Å². The standard InChI is InChI=1S/C18H14F3N3O3S2/c1-11-7-13(23-17(25)15-9-28-10-22-15)5-6-16(11)29(26,27)24-14-4-2-3-12(8-14)18(19,20)21/h2-10,24H,1H3,(H,23,25). The fourth-order valence-corrected chi connectivity index (χ4v) is 4.33. The average Bonchev–Trinajstić information content (AvgIpc) is 3.15. The van der Waals surface area contributed by atoms with Crippen molar-refractivity contribution in [2.24, 2.45) is 0 Å². The lowest BCUT2D eigenvalue weighted by atomic mass is 10.2. The largest absolute Gasteiger partial charge is 0.416 e. The van der Waals surface area contributed by atoms with Gasteiger partial charge in [-0.3, -0.25) is 9.52 Å². The van der Waals surface area contributed by atoms with Gasteiger partial charge in [-0.15, -0.1) is 11.3 Å². The number of amides is 1. The van der Waals surface area contributed by atoms with Crippen molar-refractivity contribution in [1.29, 1.82) is 0 Å². The molecule has 0 fully saturated rings. The normalized spacial score (nSPS) is 11.9. The van der Waals surface area contributed by atoms with E-state index in [2.05, 4.69) is 15.0 Å². The topological polar surface area (TPSA) is 88.2 Å². The molecule has 0 unspecified atom stereocenters. The number of aryl methyl sites for hydroxylation is 1. The minimum absolute atomic E-state index is 0.124. The Labute approximate surface area is 168 Å². The lowest BCUT2D eigenvalue weighted by molar-refractivity contribution is -0.137. The predicted molar refractivity (Wildman–Crippen MR) is 103 cm³/mol. The molecule has 2 aromatic carbocycles. The molecule has 11 heteroatoms. The van der Waals surface area contributed by atoms with E-state index in [0.717, 1.165) is 18.2 Å². The number of anilines is 2. The molecule has 0 aliphatic rings. The molecule has 0 spiro atoms. The van der Waals surface area contributed by atoms with Crippen molar-refractivity contribution < 1.29 is 26.4 Å². The number of sulfonamides is 1. The first kappa shape index (κ1) is 20.8. The summed E-state index contributed by atoms with van der Waals surface area (Å²) in [4.78, 5) is 15.8. The van der Waals surface area contributed by atoms with Gasteiger partial charge in [-0.1, -0.05) is 6.07 Å². The zero-order valence-electron chi connectivity index (χ0n) is 14.8. The second-order valence-electron chi connectivity index (χ2n) is 5.99. The van der Waals surface area contributed by atoms with Gasteiger partial charge in [0.05, 0.1) is 16.0 Å². The first-order valence-corrected chi connectivity index (χ1v) is 10.5. The van der Waals surface area contributed by atoms with Gasteiger partial charge < -0.3 is 5.32 Å². The van der Waals surface area contributed by atoms with Crippen LogP contribution in [0.4, 0.5) is 24.5 Å². The van der Waals surface area contributed by atoms with E-state index in [9.17, 15) is 26.4 Å². The van der Waals surface area contributed by atoms with Gasteiger partial charge in [0.25, 0.3) is 15.9 Å². The van der Waals surface area contributed by atoms with Crippen LogP contribution in [-0.4, -0.2) is 19.3 Å². The third kappa shape index (κ3) is 4.93. The maximum absolute atomic E-state index is 12.8. The number of hydrogen-bond donors (Lipinski definition) is 2. The van der Waals surface area contributed by atoms with Crippen LogP contribution in [0.1, 0.15) is 21.6 Å². The second kappa shape index (κ2) is 7.84. The van der Waals surface area contributed by atoms with E-state index >= 15 is 0 Å². The number of thiazole rings is 1. The molecule has 0 atom stereocenters. The lowest BCUT2D eigenvalue weighted by Crippen LogP contribution is -2.16. The molecular formula is C18H14F3N3O3S2. The summed E-state index contributed by atoms with van der Waals surface area (Å²) in [6.07, 6.45) is -4.59. The van der Waals surface area contributed by atoms with Gasteiger partial charge in [0.15, 0.2) is 0 Å². The summed E-state index contributed by atoms with van der Waals surface area (Å²) in [5.74, 6) is -0.441. The Hall–Kier alpha value is -2.92. The Bertz CT molecular complexity index is 1140. The summed E-state index contributed by atoms with van der Waals surface area (Å²) < 4.78 is 65.8. The molecule has 1 heterocycles. The van der Waals surface area contributed by atoms with Crippen LogP contribution in [0.25, 0.3) is 0 Å². The van der Waals surface area contributed by atoms with E-state index in [1.807, 2.05) is 0 Å². The lowest BCUT2D eigenvalue weighted by Gasteiger charge is -2.13. The maximum Gasteiger partial charge on any atom is 0.416 e. The molecule has 1 amide bonds. The van der Waals surface area contributed by atoms with E-state index < -0.39 is 27.7 Å². The number of benzene rings is 2. The number of carbonyl (C=O) groups is 1. The molecule has 0 saturated carbocycles. The van der Waals surface area contributed by atoms with Crippen LogP contribution in [0, 0.1) is 6.92 Å². The summed E-state index contributed by atoms with van der Waals surface area (Å²) >= 11 is 1.26. The maximum atomic E-state index is 12.8. The number of alkyl halides is 3. The van der Waals surface area contributed by atoms with Crippen LogP contribution in [0.5, 0.6) is 0 Å². The number of hydrogen-bond acceptors (Lipinski definition) is 5. The number of rotatable bonds is 5. The van der Waals surface area contributed by atoms with Gasteiger partial charge in [0.1, 0.15) is 5.69 Å². The summed E-state index contributed by atoms with van der Waals surface area (Å²) in [6, 6.07) is 8.01. The van der Waals surface area contributed by atoms with Gasteiger partial charge in [-0.2, -0.15) is 13.2 Å². The highest BCUT2D eigenvalue weighted by Crippen LogP contribution is 2.31. The van der Waals surface area contributed by atoms with Crippen molar-refractivity contribution in [1.82, 2.24) is 4.98 Å². The van der Waals surface area contributed by atoms with Crippen LogP contribution in [-0.2, 0) is 16.2 Å². The first-order chi connectivity index (χ1) is 13.6. The smallest absolute Gasteiger partial charge is 0.321 e. The number of halogens is 3. The molecule has 0 aliphatic carbocycles. The van der Waals surface area contributed by atoms with E-state index in [1.54, 1.807) is 5.38 Å². The van der Waals surface area contributed by atoms with Gasteiger partial charge in [0.2, 0.25) is 0 Å². The Kier molecular flexibility index (Phi) is 5.62. The molecule has 3 rings (SSSR count). The molecule has 3 aromatic rings. The fraction of sp³-hybridized carbons (Fsp3) is 0.111. The van der Waals surface area contributed by atoms with Crippen molar-refractivity contribution in [3.8, 4) is 0 Å². The highest BCUT2D eigenvalue weighted by molar-refractivity contribution is 7.92. The zero-order valence-corrected chi connectivity index (χ0v) is 16.5. The van der Waals surface area contributed by atoms with E-state index in [1.165, 1.54) is 48.0 Å². The van der Waals surface area contributed by atoms with Crippen molar-refractivity contribution in [2.45, 2.75) is 18.0 Å². The number of carbonyl (C=O) groups excluding carboxylic acids is 1. The van der Waals surface area contributed by atoms with Crippen LogP contribution in [0.15, 0.2) is 58.3 Å². The Morgan fingerprint density at radius 2 is 1.86 bits per heavy atom. The van der Waals surface area contributed by atoms with Crippen LogP contribution < -0.4 is 10.0 Å². The highest BCUT2D eigenvalue weighted by atomic mass is 32.2. The van der Waals surface area contributed by atoms with Gasteiger partial charge >= 0.3 is 6.18 Å². The third-order valence-electron chi connectivity index (χ3n) is 3.83. The first-order valence-electron chi connectivity index (χ1n) is 8.06. The molecule has 1 aromatic heterocycles. The van der Waals surface area contributed by atoms with Gasteiger partial charge in [-0.05, 0) is 48.9 Å². The quantitative estimate of drug-likeness (QED) is 0.609. The number of aromatic nitrogens is 1. The highest BCUT2D eigenvalue weighted by Gasteiger charge is 2.30. The van der Waals surface area contributed by atoms with Crippen molar-refractivity contribution in [2.75, 3.05) is 10.0 Å². The molecule has 29 heavy (non-hydrogen) atoms. The minimum atomic E-state index is -4.59. The zero-order chi connectivity index (χ0) is 21.2. The second-order valence-corrected chi connectivity index (χ2v) is 8.36. The Morgan fingerprint density at radius 3 is 2.48 bits per heavy atom. The van der Waals surface area contributed by atoms with E-state index in [-0.39, 0.29) is 16.3 Å². The molecule has 0 radical (unpaired) electrons. The molecule has 2 N–H and O–H groups in total. The van der Waals surface area contributed by atoms with Crippen molar-refractivity contribution in [3.63, 3.8) is 0 Å². The summed E-state index contributed by atoms with van der Waals surface area (Å²) in [7, 11) is -4.14. The number of nitrogens with zero attached hydrogens (tertiary/aromatic N) is 1. The van der Waals surface area contributed by atoms with E-state index in [0.29, 0.717) is 11.3 Å². The SMILES string of the molecule is Cc1cc(NC(=O)c2cscn2)ccc1S(=O)(=O)Nc1cccc(C(F)(F)F)c1. The van der Waals surface area contributed by atoms with Crippen molar-refractivity contribution >= 4 is 38.6 Å². The molecule has 0 bridgehead atoms. The van der Waals surface area contributed by atoms with Crippen LogP contribution in [0.3, 0.4) is 0 Å². The molecular weight excluding hydrogens is 427 g/mol. The minimum Gasteiger partial charge on any atom is -0.321 e. The summed E-state index contributed by atoms with van der Waals surface area (Å²) in [5, 5.41) is 4.17. The summed E-state index contributed by atoms with van der Waals surface area (Å²) in [5.41, 5.74) is 1.24. The van der Waals surface area contributed by atoms with Gasteiger partial charge in [0, 0.05) is 16.8 Å². The average molecular weight is 441 g/mol. The molecule has 6 nitrogen and oxygen atoms in total. The van der Waals surface area contributed by atoms with Crippen LogP contribution >= 0.6 is 11.3 Å². The predicted octanol–water partition coefficient (Wildman–Crippen LogP) is 4.52. The van der Waals surface area contributed by atoms with Gasteiger partial charge in [-0.25, -0.2) is 13.4 Å². The molecule has 152 valence electrons. The number of nitrogens with one attached hydrogen (secondary N) is 2. The molecule has 0 aliphatic heterocycles. The Balaban J connectivity index is 1.81. The monoisotopic (exact) mass is 441 g/mol. The third-order valence-corrected chi connectivity index (χ3v) is 5.96. The van der Waals surface area contributed by atoms with Crippen LogP contribution in [0.2, 0.25) is 0 Å². The summed E-state index contributed by atoms with van der Waals surface area (Å²) in [6.45, 7) is 1.51.